The van der Waals surface area contributed by atoms with Gasteiger partial charge in [-0.2, -0.15) is 0 Å². The lowest BCUT2D eigenvalue weighted by molar-refractivity contribution is -0.120. The molecule has 0 aliphatic heterocycles. The van der Waals surface area contributed by atoms with Crippen LogP contribution in [0.1, 0.15) is 17.0 Å². The topological polar surface area (TPSA) is 62.2 Å². The highest BCUT2D eigenvalue weighted by atomic mass is 32.1. The molecular weight excluding hydrogens is 308 g/mol. The molecule has 0 unspecified atom stereocenters. The molecule has 0 saturated heterocycles. The molecule has 1 amide bonds. The Bertz CT molecular complexity index is 706. The maximum atomic E-state index is 12.1. The van der Waals surface area contributed by atoms with Gasteiger partial charge in [0.05, 0.1) is 17.1 Å². The number of amides is 1. The summed E-state index contributed by atoms with van der Waals surface area (Å²) in [4.78, 5) is 16.6. The summed E-state index contributed by atoms with van der Waals surface area (Å²) in [5.41, 5.74) is 3.04. The van der Waals surface area contributed by atoms with Crippen LogP contribution < -0.4 is 5.32 Å². The summed E-state index contributed by atoms with van der Waals surface area (Å²) in [5, 5.41) is 15.2. The van der Waals surface area contributed by atoms with Crippen molar-refractivity contribution in [3.63, 3.8) is 0 Å². The Hall–Kier alpha value is -1.98. The Morgan fingerprint density at radius 1 is 1.35 bits per heavy atom. The van der Waals surface area contributed by atoms with Crippen molar-refractivity contribution in [3.8, 4) is 11.3 Å². The second-order valence-corrected chi connectivity index (χ2v) is 6.92. The first-order valence-corrected chi connectivity index (χ1v) is 8.62. The van der Waals surface area contributed by atoms with Crippen LogP contribution >= 0.6 is 11.3 Å². The fourth-order valence-corrected chi connectivity index (χ4v) is 3.37. The van der Waals surface area contributed by atoms with E-state index in [1.165, 1.54) is 0 Å². The molecular formula is C18H20N2O2S. The van der Waals surface area contributed by atoms with Gasteiger partial charge in [-0.25, -0.2) is 4.98 Å². The Morgan fingerprint density at radius 3 is 2.74 bits per heavy atom. The van der Waals surface area contributed by atoms with Gasteiger partial charge in [-0.3, -0.25) is 4.79 Å². The molecule has 4 nitrogen and oxygen atoms in total. The van der Waals surface area contributed by atoms with E-state index in [2.05, 4.69) is 10.3 Å². The van der Waals surface area contributed by atoms with Crippen LogP contribution in [0.25, 0.3) is 11.3 Å². The van der Waals surface area contributed by atoms with Gasteiger partial charge in [0.15, 0.2) is 0 Å². The zero-order valence-electron chi connectivity index (χ0n) is 13.0. The van der Waals surface area contributed by atoms with Crippen molar-refractivity contribution in [2.24, 2.45) is 5.92 Å². The monoisotopic (exact) mass is 328 g/mol. The largest absolute Gasteiger partial charge is 0.396 e. The van der Waals surface area contributed by atoms with E-state index in [4.69, 9.17) is 5.11 Å². The fourth-order valence-electron chi connectivity index (χ4n) is 2.75. The Labute approximate surface area is 139 Å². The summed E-state index contributed by atoms with van der Waals surface area (Å²) < 4.78 is 0. The van der Waals surface area contributed by atoms with E-state index in [-0.39, 0.29) is 24.5 Å². The number of hydrogen-bond donors (Lipinski definition) is 2. The molecule has 2 N–H and O–H groups in total. The molecule has 1 aromatic carbocycles. The van der Waals surface area contributed by atoms with Gasteiger partial charge in [-0.15, -0.1) is 11.3 Å². The molecule has 2 atom stereocenters. The van der Waals surface area contributed by atoms with E-state index in [0.717, 1.165) is 28.2 Å². The van der Waals surface area contributed by atoms with E-state index >= 15 is 0 Å². The lowest BCUT2D eigenvalue weighted by Crippen LogP contribution is -2.34. The van der Waals surface area contributed by atoms with Crippen molar-refractivity contribution in [2.45, 2.75) is 25.8 Å². The molecule has 1 aromatic heterocycles. The maximum Gasteiger partial charge on any atom is 0.224 e. The second kappa shape index (κ2) is 7.06. The van der Waals surface area contributed by atoms with Crippen LogP contribution in [0.15, 0.2) is 41.8 Å². The van der Waals surface area contributed by atoms with Gasteiger partial charge in [0.2, 0.25) is 5.91 Å². The van der Waals surface area contributed by atoms with Crippen molar-refractivity contribution in [1.82, 2.24) is 10.3 Å². The summed E-state index contributed by atoms with van der Waals surface area (Å²) in [6.45, 7) is 2.13. The number of rotatable bonds is 5. The summed E-state index contributed by atoms with van der Waals surface area (Å²) >= 11 is 1.63. The molecule has 0 bridgehead atoms. The van der Waals surface area contributed by atoms with Gasteiger partial charge < -0.3 is 10.4 Å². The third-order valence-corrected chi connectivity index (χ3v) is 4.76. The first kappa shape index (κ1) is 15.9. The standard InChI is InChI=1S/C18H20N2O2S/c1-12-19-17(11-23-12)15-5-2-13(3-6-15)9-18(22)20-16-7-4-14(8-16)10-21/h2-7,11,14,16,21H,8-10H2,1H3,(H,20,22)/t14-,16+/m0/s1. The van der Waals surface area contributed by atoms with Crippen LogP contribution in [0.2, 0.25) is 0 Å². The molecule has 0 radical (unpaired) electrons. The summed E-state index contributed by atoms with van der Waals surface area (Å²) in [7, 11) is 0. The summed E-state index contributed by atoms with van der Waals surface area (Å²) in [5.74, 6) is 0.177. The fraction of sp³-hybridized carbons (Fsp3) is 0.333. The van der Waals surface area contributed by atoms with Gasteiger partial charge in [0.25, 0.3) is 0 Å². The number of aliphatic hydroxyl groups is 1. The smallest absolute Gasteiger partial charge is 0.224 e. The van der Waals surface area contributed by atoms with Crippen molar-refractivity contribution in [2.75, 3.05) is 6.61 Å². The highest BCUT2D eigenvalue weighted by Crippen LogP contribution is 2.22. The van der Waals surface area contributed by atoms with Crippen molar-refractivity contribution < 1.29 is 9.90 Å². The first-order chi connectivity index (χ1) is 11.1. The molecule has 5 heteroatoms. The van der Waals surface area contributed by atoms with E-state index in [9.17, 15) is 4.79 Å². The number of thiazole rings is 1. The van der Waals surface area contributed by atoms with Crippen LogP contribution in [0.4, 0.5) is 0 Å². The highest BCUT2D eigenvalue weighted by molar-refractivity contribution is 7.09. The molecule has 120 valence electrons. The van der Waals surface area contributed by atoms with E-state index in [1.807, 2.05) is 48.7 Å². The van der Waals surface area contributed by atoms with E-state index in [0.29, 0.717) is 6.42 Å². The number of nitrogens with one attached hydrogen (secondary N) is 1. The number of carbonyl (C=O) groups excluding carboxylic acids is 1. The number of aromatic nitrogens is 1. The van der Waals surface area contributed by atoms with Crippen molar-refractivity contribution in [3.05, 3.63) is 52.4 Å². The molecule has 1 heterocycles. The van der Waals surface area contributed by atoms with Crippen molar-refractivity contribution in [1.29, 1.82) is 0 Å². The molecule has 0 spiro atoms. The van der Waals surface area contributed by atoms with Crippen LogP contribution in [0, 0.1) is 12.8 Å². The lowest BCUT2D eigenvalue weighted by Gasteiger charge is -2.12. The number of benzene rings is 1. The number of aliphatic hydroxyl groups excluding tert-OH is 1. The lowest BCUT2D eigenvalue weighted by atomic mass is 10.1. The third-order valence-electron chi connectivity index (χ3n) is 3.99. The molecule has 1 aliphatic rings. The minimum Gasteiger partial charge on any atom is -0.396 e. The predicted octanol–water partition coefficient (Wildman–Crippen LogP) is 2.71. The van der Waals surface area contributed by atoms with Gasteiger partial charge in [-0.1, -0.05) is 36.4 Å². The summed E-state index contributed by atoms with van der Waals surface area (Å²) in [6.07, 6.45) is 5.08. The highest BCUT2D eigenvalue weighted by Gasteiger charge is 2.19. The predicted molar refractivity (Wildman–Crippen MR) is 92.3 cm³/mol. The molecule has 2 aromatic rings. The Morgan fingerprint density at radius 2 is 2.13 bits per heavy atom. The summed E-state index contributed by atoms with van der Waals surface area (Å²) in [6, 6.07) is 8.01. The van der Waals surface area contributed by atoms with Crippen LogP contribution in [0.3, 0.4) is 0 Å². The molecule has 0 fully saturated rings. The molecule has 1 aliphatic carbocycles. The van der Waals surface area contributed by atoms with E-state index < -0.39 is 0 Å². The van der Waals surface area contributed by atoms with E-state index in [1.54, 1.807) is 11.3 Å². The number of hydrogen-bond acceptors (Lipinski definition) is 4. The van der Waals surface area contributed by atoms with Gasteiger partial charge in [-0.05, 0) is 18.9 Å². The number of aryl methyl sites for hydroxylation is 1. The molecule has 23 heavy (non-hydrogen) atoms. The first-order valence-electron chi connectivity index (χ1n) is 7.74. The van der Waals surface area contributed by atoms with Gasteiger partial charge in [0, 0.05) is 29.5 Å². The SMILES string of the molecule is Cc1nc(-c2ccc(CC(=O)N[C@@H]3C=C[C@H](CO)C3)cc2)cs1. The average molecular weight is 328 g/mol. The van der Waals surface area contributed by atoms with Crippen LogP contribution in [0.5, 0.6) is 0 Å². The maximum absolute atomic E-state index is 12.1. The number of nitrogens with zero attached hydrogens (tertiary/aromatic N) is 1. The minimum atomic E-state index is 0.00972. The van der Waals surface area contributed by atoms with Gasteiger partial charge in [0.1, 0.15) is 0 Å². The zero-order chi connectivity index (χ0) is 16.2. The zero-order valence-corrected chi connectivity index (χ0v) is 13.8. The Kier molecular flexibility index (Phi) is 4.88. The molecule has 0 saturated carbocycles. The quantitative estimate of drug-likeness (QED) is 0.830. The number of carbonyl (C=O) groups is 1. The minimum absolute atomic E-state index is 0.00972. The second-order valence-electron chi connectivity index (χ2n) is 5.86. The Balaban J connectivity index is 1.56. The van der Waals surface area contributed by atoms with Gasteiger partial charge >= 0.3 is 0 Å². The van der Waals surface area contributed by atoms with Crippen LogP contribution in [-0.4, -0.2) is 28.6 Å². The van der Waals surface area contributed by atoms with Crippen molar-refractivity contribution >= 4 is 17.2 Å². The normalized spacial score (nSPS) is 19.9. The molecule has 3 rings (SSSR count). The van der Waals surface area contributed by atoms with Crippen LogP contribution in [-0.2, 0) is 11.2 Å². The third kappa shape index (κ3) is 4.06. The average Bonchev–Trinajstić information content (AvgIpc) is 3.17.